The van der Waals surface area contributed by atoms with Crippen LogP contribution in [0, 0.1) is 0 Å². The van der Waals surface area contributed by atoms with Gasteiger partial charge in [0.15, 0.2) is 18.4 Å². The molecule has 0 aliphatic carbocycles. The normalized spacial score (nSPS) is 9.50. The third-order valence-corrected chi connectivity index (χ3v) is 2.85. The van der Waals surface area contributed by atoms with Crippen LogP contribution >= 0.6 is 17.0 Å². The lowest BCUT2D eigenvalue weighted by Crippen LogP contribution is -3.00. The second-order valence-corrected chi connectivity index (χ2v) is 4.03. The Balaban J connectivity index is 0.00000180. The van der Waals surface area contributed by atoms with E-state index in [1.807, 2.05) is 35.0 Å². The Morgan fingerprint density at radius 2 is 1.70 bits per heavy atom. The highest BCUT2D eigenvalue weighted by atomic mass is 79.9. The number of hydrogen-bond donors (Lipinski definition) is 2. The molecule has 0 spiro atoms. The maximum absolute atomic E-state index is 9.09. The average molecular weight is 406 g/mol. The third-order valence-electron chi connectivity index (χ3n) is 2.85. The van der Waals surface area contributed by atoms with Gasteiger partial charge in [-0.1, -0.05) is 0 Å². The zero-order valence-electron chi connectivity index (χ0n) is 10.9. The Morgan fingerprint density at radius 1 is 1.00 bits per heavy atom. The lowest BCUT2D eigenvalue weighted by Gasteiger charge is -2.05. The lowest BCUT2D eigenvalue weighted by atomic mass is 10.1. The predicted molar refractivity (Wildman–Crippen MR) is 78.1 cm³/mol. The second-order valence-electron chi connectivity index (χ2n) is 4.03. The maximum Gasteiger partial charge on any atom is 0.184 e. The molecule has 0 fully saturated rings. The number of halogens is 2. The molecule has 2 rings (SSSR count). The van der Waals surface area contributed by atoms with Gasteiger partial charge in [-0.2, -0.15) is 4.57 Å². The van der Waals surface area contributed by atoms with Crippen molar-refractivity contribution >= 4 is 17.0 Å². The van der Waals surface area contributed by atoms with Crippen molar-refractivity contribution in [1.29, 1.82) is 0 Å². The van der Waals surface area contributed by atoms with Crippen molar-refractivity contribution < 1.29 is 31.8 Å². The van der Waals surface area contributed by atoms with E-state index in [9.17, 15) is 0 Å². The zero-order valence-corrected chi connectivity index (χ0v) is 14.2. The minimum Gasteiger partial charge on any atom is -1.00 e. The van der Waals surface area contributed by atoms with E-state index in [1.54, 1.807) is 12.4 Å². The number of aliphatic hydroxyl groups is 2. The lowest BCUT2D eigenvalue weighted by molar-refractivity contribution is -0.705. The molecule has 2 aromatic heterocycles. The van der Waals surface area contributed by atoms with Crippen LogP contribution in [0.25, 0.3) is 11.1 Å². The van der Waals surface area contributed by atoms with Gasteiger partial charge in [-0.05, 0) is 23.3 Å². The summed E-state index contributed by atoms with van der Waals surface area (Å²) in [5.41, 5.74) is 3.20. The highest BCUT2D eigenvalue weighted by Crippen LogP contribution is 2.17. The molecule has 0 amide bonds. The number of aliphatic hydroxyl groups excluding tert-OH is 2. The van der Waals surface area contributed by atoms with E-state index in [-0.39, 0.29) is 47.2 Å². The van der Waals surface area contributed by atoms with Crippen molar-refractivity contribution in [3.8, 4) is 11.1 Å². The van der Waals surface area contributed by atoms with E-state index in [1.165, 1.54) is 0 Å². The van der Waals surface area contributed by atoms with Crippen LogP contribution in [-0.4, -0.2) is 28.4 Å². The number of hydrogen-bond acceptors (Lipinski definition) is 3. The molecule has 0 saturated carbocycles. The summed E-state index contributed by atoms with van der Waals surface area (Å²) in [6, 6.07) is 7.95. The van der Waals surface area contributed by atoms with Gasteiger partial charge in [0, 0.05) is 24.5 Å². The van der Waals surface area contributed by atoms with Gasteiger partial charge in [0.2, 0.25) is 0 Å². The highest BCUT2D eigenvalue weighted by molar-refractivity contribution is 8.93. The molecule has 2 N–H and O–H groups in total. The molecule has 20 heavy (non-hydrogen) atoms. The van der Waals surface area contributed by atoms with Crippen LogP contribution < -0.4 is 21.5 Å². The Kier molecular flexibility index (Phi) is 9.58. The first-order valence-electron chi connectivity index (χ1n) is 5.99. The summed E-state index contributed by atoms with van der Waals surface area (Å²) in [6.07, 6.45) is 6.04. The number of aromatic nitrogens is 2. The molecular formula is C14H18Br2N2O2. The predicted octanol–water partition coefficient (Wildman–Crippen LogP) is -1.85. The Bertz CT molecular complexity index is 510. The van der Waals surface area contributed by atoms with Crippen molar-refractivity contribution in [3.63, 3.8) is 0 Å². The number of pyridine rings is 2. The molecule has 110 valence electrons. The standard InChI is InChI=1S/C14H17N2O2.2BrH/c17-9-4-14-11-13(3-7-16(14)8-10-18)12-1-5-15-6-2-12;;/h1-3,5-7,11,17-18H,4,8-10H2;2*1H/q+1;;/p-1. The number of nitrogens with zero attached hydrogens (tertiary/aromatic N) is 2. The zero-order chi connectivity index (χ0) is 12.8. The first kappa shape index (κ1) is 19.2. The van der Waals surface area contributed by atoms with E-state index < -0.39 is 0 Å². The summed E-state index contributed by atoms with van der Waals surface area (Å²) in [6.45, 7) is 0.745. The van der Waals surface area contributed by atoms with Gasteiger partial charge < -0.3 is 27.2 Å². The second kappa shape index (κ2) is 9.99. The molecule has 0 unspecified atom stereocenters. The highest BCUT2D eigenvalue weighted by Gasteiger charge is 2.11. The molecule has 2 aromatic rings. The molecule has 6 heteroatoms. The van der Waals surface area contributed by atoms with Gasteiger partial charge in [0.05, 0.1) is 13.0 Å². The molecule has 0 atom stereocenters. The molecule has 0 aliphatic heterocycles. The van der Waals surface area contributed by atoms with Gasteiger partial charge in [0.1, 0.15) is 6.61 Å². The largest absolute Gasteiger partial charge is 1.00 e. The van der Waals surface area contributed by atoms with Crippen LogP contribution in [0.3, 0.4) is 0 Å². The molecule has 0 aliphatic rings. The summed E-state index contributed by atoms with van der Waals surface area (Å²) >= 11 is 0. The van der Waals surface area contributed by atoms with Crippen molar-refractivity contribution in [1.82, 2.24) is 4.98 Å². The molecule has 2 heterocycles. The molecule has 0 saturated heterocycles. The van der Waals surface area contributed by atoms with Crippen LogP contribution in [0.1, 0.15) is 5.69 Å². The Hall–Kier alpha value is -0.820. The SMILES string of the molecule is Br.OCCc1cc(-c2ccncc2)cc[n+]1CCO.[Br-]. The van der Waals surface area contributed by atoms with Gasteiger partial charge in [0.25, 0.3) is 0 Å². The average Bonchev–Trinajstić information content (AvgIpc) is 2.42. The molecule has 4 nitrogen and oxygen atoms in total. The minimum absolute atomic E-state index is 0. The fourth-order valence-electron chi connectivity index (χ4n) is 1.96. The van der Waals surface area contributed by atoms with Crippen molar-refractivity contribution in [3.05, 3.63) is 48.5 Å². The first-order valence-corrected chi connectivity index (χ1v) is 5.99. The summed E-state index contributed by atoms with van der Waals surface area (Å²) < 4.78 is 1.96. The van der Waals surface area contributed by atoms with Gasteiger partial charge in [-0.3, -0.25) is 4.98 Å². The van der Waals surface area contributed by atoms with Crippen LogP contribution in [-0.2, 0) is 13.0 Å². The Labute approximate surface area is 139 Å². The Morgan fingerprint density at radius 3 is 2.30 bits per heavy atom. The van der Waals surface area contributed by atoms with Crippen LogP contribution in [0.2, 0.25) is 0 Å². The summed E-state index contributed by atoms with van der Waals surface area (Å²) in [5, 5.41) is 18.1. The number of rotatable bonds is 5. The summed E-state index contributed by atoms with van der Waals surface area (Å²) in [4.78, 5) is 4.00. The summed E-state index contributed by atoms with van der Waals surface area (Å²) in [5.74, 6) is 0. The van der Waals surface area contributed by atoms with Gasteiger partial charge in [-0.25, -0.2) is 0 Å². The molecule has 0 radical (unpaired) electrons. The molecule has 0 aromatic carbocycles. The topological polar surface area (TPSA) is 57.2 Å². The maximum atomic E-state index is 9.09. The van der Waals surface area contributed by atoms with E-state index in [2.05, 4.69) is 4.98 Å². The van der Waals surface area contributed by atoms with Crippen LogP contribution in [0.15, 0.2) is 42.9 Å². The van der Waals surface area contributed by atoms with Crippen molar-refractivity contribution in [2.75, 3.05) is 13.2 Å². The summed E-state index contributed by atoms with van der Waals surface area (Å²) in [7, 11) is 0. The van der Waals surface area contributed by atoms with E-state index in [0.717, 1.165) is 16.8 Å². The third kappa shape index (κ3) is 4.94. The van der Waals surface area contributed by atoms with Crippen molar-refractivity contribution in [2.45, 2.75) is 13.0 Å². The molecule has 0 bridgehead atoms. The van der Waals surface area contributed by atoms with E-state index >= 15 is 0 Å². The van der Waals surface area contributed by atoms with Gasteiger partial charge >= 0.3 is 0 Å². The quantitative estimate of drug-likeness (QED) is 0.574. The fourth-order valence-corrected chi connectivity index (χ4v) is 1.96. The van der Waals surface area contributed by atoms with E-state index in [4.69, 9.17) is 10.2 Å². The van der Waals surface area contributed by atoms with Gasteiger partial charge in [-0.15, -0.1) is 17.0 Å². The molecular weight excluding hydrogens is 388 g/mol. The smallest absolute Gasteiger partial charge is 0.184 e. The van der Waals surface area contributed by atoms with Crippen molar-refractivity contribution in [2.24, 2.45) is 0 Å². The first-order chi connectivity index (χ1) is 8.85. The van der Waals surface area contributed by atoms with E-state index in [0.29, 0.717) is 13.0 Å². The fraction of sp³-hybridized carbons (Fsp3) is 0.286. The van der Waals surface area contributed by atoms with Crippen LogP contribution in [0.4, 0.5) is 0 Å². The monoisotopic (exact) mass is 404 g/mol. The van der Waals surface area contributed by atoms with Crippen LogP contribution in [0.5, 0.6) is 0 Å². The minimum atomic E-state index is 0.